The van der Waals surface area contributed by atoms with Crippen LogP contribution in [0.3, 0.4) is 0 Å². The molecule has 1 unspecified atom stereocenters. The number of benzene rings is 2. The summed E-state index contributed by atoms with van der Waals surface area (Å²) in [6.07, 6.45) is 6.21. The van der Waals surface area contributed by atoms with E-state index in [0.717, 1.165) is 46.4 Å². The minimum Gasteiger partial charge on any atom is -0.496 e. The van der Waals surface area contributed by atoms with Crippen LogP contribution in [0.15, 0.2) is 48.6 Å². The van der Waals surface area contributed by atoms with Crippen molar-refractivity contribution in [3.63, 3.8) is 0 Å². The molecule has 14 nitrogen and oxygen atoms in total. The van der Waals surface area contributed by atoms with Crippen molar-refractivity contribution < 1.29 is 43.2 Å². The largest absolute Gasteiger partial charge is 0.496 e. The summed E-state index contributed by atoms with van der Waals surface area (Å²) in [7, 11) is 6.18. The minimum atomic E-state index is -2.32. The molecule has 1 saturated carbocycles. The molecule has 2 saturated heterocycles. The van der Waals surface area contributed by atoms with Gasteiger partial charge < -0.3 is 44.2 Å². The summed E-state index contributed by atoms with van der Waals surface area (Å²) in [6, 6.07) is 11.0. The van der Waals surface area contributed by atoms with Gasteiger partial charge in [-0.15, -0.1) is 0 Å². The van der Waals surface area contributed by atoms with Gasteiger partial charge in [0.05, 0.1) is 32.9 Å². The SMILES string of the molecule is CC[C@]1(NC(=O)C(C)C)C[C@H]2CN(CCc3c([nH]c4ccccc34)[C@@](C(=O)OC)(c3cc4c(cc3OC)N(C)[C@H]3[C@@](O)(C(=O)OC)[C@H](OC(C)=O)[C@]5(CC)C=CCN6CC[C@]43[C@@H]65)C2)C1. The van der Waals surface area contributed by atoms with Crippen molar-refractivity contribution in [3.8, 4) is 5.75 Å². The molecule has 5 aliphatic heterocycles. The van der Waals surface area contributed by atoms with Gasteiger partial charge >= 0.3 is 17.9 Å². The summed E-state index contributed by atoms with van der Waals surface area (Å²) in [5.74, 6) is -1.73. The van der Waals surface area contributed by atoms with Gasteiger partial charge in [0.25, 0.3) is 0 Å². The summed E-state index contributed by atoms with van der Waals surface area (Å²) in [6.45, 7) is 12.7. The number of aliphatic hydroxyl groups is 1. The monoisotopic (exact) mass is 879 g/mol. The smallest absolute Gasteiger partial charge is 0.344 e. The van der Waals surface area contributed by atoms with Crippen LogP contribution >= 0.6 is 0 Å². The summed E-state index contributed by atoms with van der Waals surface area (Å²) < 4.78 is 24.2. The quantitative estimate of drug-likeness (QED) is 0.154. The molecule has 2 aromatic carbocycles. The lowest BCUT2D eigenvalue weighted by atomic mass is 9.47. The fraction of sp³-hybridized carbons (Fsp3) is 0.600. The molecule has 10 atom stereocenters. The number of rotatable bonds is 9. The molecule has 3 fully saturated rings. The van der Waals surface area contributed by atoms with Crippen molar-refractivity contribution in [1.82, 2.24) is 20.1 Å². The van der Waals surface area contributed by atoms with Crippen LogP contribution in [0, 0.1) is 17.3 Å². The van der Waals surface area contributed by atoms with Crippen LogP contribution < -0.4 is 15.0 Å². The number of ether oxygens (including phenoxy) is 4. The molecule has 6 aliphatic rings. The van der Waals surface area contributed by atoms with E-state index in [1.54, 1.807) is 7.11 Å². The molecule has 1 aromatic heterocycles. The minimum absolute atomic E-state index is 0.00708. The second-order valence-electron chi connectivity index (χ2n) is 19.9. The number of aromatic amines is 1. The van der Waals surface area contributed by atoms with Gasteiger partial charge in [-0.05, 0) is 74.2 Å². The van der Waals surface area contributed by atoms with E-state index in [0.29, 0.717) is 69.6 Å². The molecular formula is C50H65N5O9. The van der Waals surface area contributed by atoms with Crippen LogP contribution in [0.5, 0.6) is 5.75 Å². The highest BCUT2D eigenvalue weighted by molar-refractivity contribution is 5.95. The fourth-order valence-electron chi connectivity index (χ4n) is 14.1. The number of fused-ring (bicyclic) bond motifs is 6. The molecule has 1 aliphatic carbocycles. The van der Waals surface area contributed by atoms with E-state index in [1.807, 2.05) is 57.0 Å². The van der Waals surface area contributed by atoms with Crippen molar-refractivity contribution in [2.45, 2.75) is 113 Å². The lowest BCUT2D eigenvalue weighted by Gasteiger charge is -2.63. The van der Waals surface area contributed by atoms with Crippen LogP contribution in [0.25, 0.3) is 10.9 Å². The summed E-state index contributed by atoms with van der Waals surface area (Å²) in [5, 5.41) is 17.9. The number of para-hydroxylation sites is 1. The van der Waals surface area contributed by atoms with Gasteiger partial charge in [0.15, 0.2) is 6.10 Å². The number of likely N-dealkylation sites (N-methyl/N-ethyl adjacent to an activating group) is 1. The zero-order chi connectivity index (χ0) is 45.7. The third-order valence-corrected chi connectivity index (χ3v) is 16.5. The normalized spacial score (nSPS) is 35.0. The number of aromatic nitrogens is 1. The average Bonchev–Trinajstić information content (AvgIpc) is 3.95. The van der Waals surface area contributed by atoms with E-state index in [1.165, 1.54) is 21.1 Å². The standard InChI is InChI=1S/C50H65N5O9/c1-10-46(52-40(57)29(3)4)25-31-26-49(44(58)62-8,39-33(17-21-54(27-31)28-46)32-15-12-13-16-36(32)51-39)35-23-34-37(24-38(35)61-7)53(6)42-48(34)19-22-55-20-14-18-47(11-2,41(48)55)43(64-30(5)56)50(42,60)45(59)63-9/h12-16,18,23-24,29,31,41-43,51,60H,10-11,17,19-22,25-28H2,1-9H3,(H,52,57)/t31-,41+,42-,43-,46+,47-,48-,49+,50+/m1/s1. The Morgan fingerprint density at radius 2 is 1.72 bits per heavy atom. The first-order chi connectivity index (χ1) is 30.5. The molecule has 1 amide bonds. The number of carbonyl (C=O) groups is 4. The van der Waals surface area contributed by atoms with Gasteiger partial charge in [-0.1, -0.05) is 58.0 Å². The number of esters is 3. The predicted octanol–water partition coefficient (Wildman–Crippen LogP) is 4.77. The Balaban J connectivity index is 1.34. The number of nitrogens with zero attached hydrogens (tertiary/aromatic N) is 3. The van der Waals surface area contributed by atoms with Crippen LogP contribution in [0.4, 0.5) is 5.69 Å². The van der Waals surface area contributed by atoms with Gasteiger partial charge in [0.2, 0.25) is 11.5 Å². The Labute approximate surface area is 376 Å². The molecule has 64 heavy (non-hydrogen) atoms. The lowest BCUT2D eigenvalue weighted by Crippen LogP contribution is -2.81. The van der Waals surface area contributed by atoms with E-state index < -0.39 is 57.4 Å². The second-order valence-corrected chi connectivity index (χ2v) is 19.9. The van der Waals surface area contributed by atoms with E-state index in [9.17, 15) is 19.5 Å². The lowest BCUT2D eigenvalue weighted by molar-refractivity contribution is -0.228. The number of anilines is 1. The highest BCUT2D eigenvalue weighted by atomic mass is 16.6. The Morgan fingerprint density at radius 1 is 0.969 bits per heavy atom. The van der Waals surface area contributed by atoms with Crippen molar-refractivity contribution in [2.75, 3.05) is 66.0 Å². The molecule has 6 heterocycles. The number of hydrogen-bond acceptors (Lipinski definition) is 12. The van der Waals surface area contributed by atoms with Gasteiger partial charge in [0.1, 0.15) is 11.2 Å². The molecule has 3 N–H and O–H groups in total. The number of hydrogen-bond donors (Lipinski definition) is 3. The number of piperidine rings is 1. The molecule has 1 spiro atoms. The molecule has 2 bridgehead atoms. The summed E-state index contributed by atoms with van der Waals surface area (Å²) >= 11 is 0. The number of carbonyl (C=O) groups excluding carboxylic acids is 4. The molecule has 0 radical (unpaired) electrons. The van der Waals surface area contributed by atoms with Gasteiger partial charge in [-0.3, -0.25) is 19.3 Å². The first kappa shape index (κ1) is 44.3. The number of amides is 1. The number of methoxy groups -OCH3 is 3. The highest BCUT2D eigenvalue weighted by Crippen LogP contribution is 2.68. The van der Waals surface area contributed by atoms with Crippen LogP contribution in [-0.4, -0.2) is 134 Å². The highest BCUT2D eigenvalue weighted by Gasteiger charge is 2.80. The van der Waals surface area contributed by atoms with Gasteiger partial charge in [-0.25, -0.2) is 4.79 Å². The fourth-order valence-corrected chi connectivity index (χ4v) is 14.1. The van der Waals surface area contributed by atoms with Crippen molar-refractivity contribution in [3.05, 3.63) is 70.9 Å². The first-order valence-electron chi connectivity index (χ1n) is 23.1. The summed E-state index contributed by atoms with van der Waals surface area (Å²) in [4.78, 5) is 67.3. The molecule has 344 valence electrons. The third-order valence-electron chi connectivity index (χ3n) is 16.5. The van der Waals surface area contributed by atoms with Crippen molar-refractivity contribution in [2.24, 2.45) is 17.3 Å². The molecule has 14 heteroatoms. The van der Waals surface area contributed by atoms with Crippen LogP contribution in [0.1, 0.15) is 89.1 Å². The Kier molecular flexibility index (Phi) is 10.8. The zero-order valence-corrected chi connectivity index (χ0v) is 38.8. The van der Waals surface area contributed by atoms with Crippen LogP contribution in [0.2, 0.25) is 0 Å². The average molecular weight is 880 g/mol. The van der Waals surface area contributed by atoms with E-state index in [-0.39, 0.29) is 23.8 Å². The first-order valence-corrected chi connectivity index (χ1v) is 23.1. The topological polar surface area (TPSA) is 163 Å². The van der Waals surface area contributed by atoms with Gasteiger partial charge in [-0.2, -0.15) is 0 Å². The maximum Gasteiger partial charge on any atom is 0.344 e. The number of H-pyrrole nitrogens is 1. The maximum atomic E-state index is 15.6. The van der Waals surface area contributed by atoms with E-state index >= 15 is 4.79 Å². The van der Waals surface area contributed by atoms with Crippen molar-refractivity contribution >= 4 is 40.4 Å². The molecular weight excluding hydrogens is 815 g/mol. The second kappa shape index (κ2) is 15.6. The maximum absolute atomic E-state index is 15.6. The van der Waals surface area contributed by atoms with Gasteiger partial charge in [0, 0.05) is 96.9 Å². The predicted molar refractivity (Wildman–Crippen MR) is 241 cm³/mol. The molecule has 3 aromatic rings. The summed E-state index contributed by atoms with van der Waals surface area (Å²) in [5.41, 5.74) is -1.29. The zero-order valence-electron chi connectivity index (χ0n) is 38.8. The molecule has 9 rings (SSSR count). The van der Waals surface area contributed by atoms with E-state index in [4.69, 9.17) is 18.9 Å². The Morgan fingerprint density at radius 3 is 2.39 bits per heavy atom. The van der Waals surface area contributed by atoms with E-state index in [2.05, 4.69) is 51.3 Å². The third kappa shape index (κ3) is 5.92. The van der Waals surface area contributed by atoms with Crippen LogP contribution in [-0.2, 0) is 50.6 Å². The number of nitrogens with one attached hydrogen (secondary N) is 2. The Bertz CT molecular complexity index is 2430. The Hall–Kier alpha value is -4.92. The van der Waals surface area contributed by atoms with Crippen molar-refractivity contribution in [1.29, 1.82) is 0 Å².